The van der Waals surface area contributed by atoms with Crippen molar-refractivity contribution in [2.45, 2.75) is 19.9 Å². The molecule has 0 spiro atoms. The molecule has 0 radical (unpaired) electrons. The van der Waals surface area contributed by atoms with Crippen LogP contribution >= 0.6 is 11.6 Å². The Balaban J connectivity index is 1.97. The molecule has 0 saturated heterocycles. The second kappa shape index (κ2) is 10.0. The maximum Gasteiger partial charge on any atom is 0.241 e. The van der Waals surface area contributed by atoms with Crippen molar-refractivity contribution in [3.63, 3.8) is 0 Å². The van der Waals surface area contributed by atoms with E-state index in [0.29, 0.717) is 27.7 Å². The summed E-state index contributed by atoms with van der Waals surface area (Å²) < 4.78 is 5.21. The molecule has 0 aliphatic heterocycles. The molecule has 2 aromatic carbocycles. The highest BCUT2D eigenvalue weighted by atomic mass is 35.5. The second-order valence-corrected chi connectivity index (χ2v) is 7.05. The highest BCUT2D eigenvalue weighted by Gasteiger charge is 2.21. The molecule has 154 valence electrons. The summed E-state index contributed by atoms with van der Waals surface area (Å²) >= 11 is 5.97. The quantitative estimate of drug-likeness (QED) is 0.642. The van der Waals surface area contributed by atoms with Crippen molar-refractivity contribution >= 4 is 40.6 Å². The lowest BCUT2D eigenvalue weighted by Gasteiger charge is -2.23. The number of anilines is 2. The zero-order valence-electron chi connectivity index (χ0n) is 16.8. The number of ether oxygens (including phenoxy) is 1. The average molecular weight is 418 g/mol. The maximum atomic E-state index is 12.5. The van der Waals surface area contributed by atoms with Crippen LogP contribution in [0.25, 0.3) is 0 Å². The molecule has 1 atom stereocenters. The molecule has 0 unspecified atom stereocenters. The number of hydrogen-bond acceptors (Lipinski definition) is 5. The van der Waals surface area contributed by atoms with Gasteiger partial charge in [0, 0.05) is 16.3 Å². The molecule has 8 heteroatoms. The minimum atomic E-state index is -0.581. The summed E-state index contributed by atoms with van der Waals surface area (Å²) in [6.45, 7) is 3.14. The van der Waals surface area contributed by atoms with Crippen LogP contribution in [0.3, 0.4) is 0 Å². The van der Waals surface area contributed by atoms with Crippen LogP contribution in [0.4, 0.5) is 11.4 Å². The number of carbonyl (C=O) groups excluding carboxylic acids is 3. The Kier molecular flexibility index (Phi) is 7.75. The summed E-state index contributed by atoms with van der Waals surface area (Å²) in [4.78, 5) is 38.0. The molecule has 2 N–H and O–H groups in total. The van der Waals surface area contributed by atoms with Crippen LogP contribution in [-0.4, -0.2) is 49.2 Å². The smallest absolute Gasteiger partial charge is 0.241 e. The summed E-state index contributed by atoms with van der Waals surface area (Å²) in [5.74, 6) is -0.200. The predicted molar refractivity (Wildman–Crippen MR) is 114 cm³/mol. The van der Waals surface area contributed by atoms with Gasteiger partial charge >= 0.3 is 0 Å². The Morgan fingerprint density at radius 1 is 1.14 bits per heavy atom. The predicted octanol–water partition coefficient (Wildman–Crippen LogP) is 3.45. The van der Waals surface area contributed by atoms with Gasteiger partial charge in [0.1, 0.15) is 5.75 Å². The number of amides is 2. The van der Waals surface area contributed by atoms with E-state index >= 15 is 0 Å². The topological polar surface area (TPSA) is 87.7 Å². The van der Waals surface area contributed by atoms with Gasteiger partial charge in [0.25, 0.3) is 0 Å². The molecule has 2 aromatic rings. The molecule has 29 heavy (non-hydrogen) atoms. The fraction of sp³-hybridized carbons (Fsp3) is 0.286. The summed E-state index contributed by atoms with van der Waals surface area (Å²) in [5, 5.41) is 5.97. The summed E-state index contributed by atoms with van der Waals surface area (Å²) in [7, 11) is 3.17. The number of rotatable bonds is 8. The molecule has 0 aliphatic rings. The lowest BCUT2D eigenvalue weighted by molar-refractivity contribution is -0.122. The van der Waals surface area contributed by atoms with Gasteiger partial charge in [0.15, 0.2) is 5.78 Å². The van der Waals surface area contributed by atoms with Crippen LogP contribution in [-0.2, 0) is 9.59 Å². The van der Waals surface area contributed by atoms with Gasteiger partial charge in [-0.25, -0.2) is 0 Å². The monoisotopic (exact) mass is 417 g/mol. The van der Waals surface area contributed by atoms with Crippen molar-refractivity contribution in [3.8, 4) is 5.75 Å². The third kappa shape index (κ3) is 6.30. The van der Waals surface area contributed by atoms with Gasteiger partial charge in [0.2, 0.25) is 11.8 Å². The highest BCUT2D eigenvalue weighted by Crippen LogP contribution is 2.27. The minimum absolute atomic E-state index is 0.0161. The number of nitrogens with one attached hydrogen (secondary N) is 2. The van der Waals surface area contributed by atoms with Crippen molar-refractivity contribution in [3.05, 3.63) is 53.1 Å². The number of Topliss-reactive ketones (excluding diaryl/α,β-unsaturated/α-hetero) is 1. The van der Waals surface area contributed by atoms with Gasteiger partial charge in [0.05, 0.1) is 25.4 Å². The molecule has 0 heterocycles. The number of methoxy groups -OCH3 is 1. The first kappa shape index (κ1) is 22.4. The first-order chi connectivity index (χ1) is 13.7. The van der Waals surface area contributed by atoms with E-state index in [-0.39, 0.29) is 24.1 Å². The Bertz CT molecular complexity index is 917. The van der Waals surface area contributed by atoms with E-state index in [9.17, 15) is 14.4 Å². The Morgan fingerprint density at radius 2 is 1.86 bits per heavy atom. The molecule has 2 amide bonds. The van der Waals surface area contributed by atoms with E-state index in [1.54, 1.807) is 61.3 Å². The first-order valence-corrected chi connectivity index (χ1v) is 9.34. The first-order valence-electron chi connectivity index (χ1n) is 8.96. The molecule has 0 aliphatic carbocycles. The zero-order chi connectivity index (χ0) is 21.6. The molecule has 0 bridgehead atoms. The lowest BCUT2D eigenvalue weighted by Crippen LogP contribution is -2.43. The molecular formula is C21H24ClN3O4. The van der Waals surface area contributed by atoms with Crippen molar-refractivity contribution in [1.29, 1.82) is 0 Å². The van der Waals surface area contributed by atoms with Crippen LogP contribution in [0.5, 0.6) is 5.75 Å². The fourth-order valence-corrected chi connectivity index (χ4v) is 2.77. The SMILES string of the molecule is COc1ccc(Cl)cc1NC(=O)CN(C)[C@@H](C)C(=O)Nc1cccc(C(C)=O)c1. The zero-order valence-corrected chi connectivity index (χ0v) is 17.5. The van der Waals surface area contributed by atoms with E-state index in [2.05, 4.69) is 10.6 Å². The normalized spacial score (nSPS) is 11.7. The van der Waals surface area contributed by atoms with Crippen molar-refractivity contribution in [2.24, 2.45) is 0 Å². The number of likely N-dealkylation sites (N-methyl/N-ethyl adjacent to an activating group) is 1. The second-order valence-electron chi connectivity index (χ2n) is 6.61. The number of carbonyl (C=O) groups is 3. The van der Waals surface area contributed by atoms with Gasteiger partial charge in [-0.05, 0) is 51.2 Å². The summed E-state index contributed by atoms with van der Waals surface area (Å²) in [6, 6.07) is 11.0. The Hall–Kier alpha value is -2.90. The van der Waals surface area contributed by atoms with Crippen LogP contribution in [0, 0.1) is 0 Å². The number of ketones is 1. The molecule has 2 rings (SSSR count). The van der Waals surface area contributed by atoms with Gasteiger partial charge in [-0.15, -0.1) is 0 Å². The van der Waals surface area contributed by atoms with Crippen molar-refractivity contribution < 1.29 is 19.1 Å². The number of halogens is 1. The third-order valence-corrected chi connectivity index (χ3v) is 4.64. The van der Waals surface area contributed by atoms with E-state index in [1.165, 1.54) is 14.0 Å². The van der Waals surface area contributed by atoms with Crippen molar-refractivity contribution in [1.82, 2.24) is 4.90 Å². The van der Waals surface area contributed by atoms with Gasteiger partial charge in [-0.2, -0.15) is 0 Å². The van der Waals surface area contributed by atoms with Crippen LogP contribution in [0.1, 0.15) is 24.2 Å². The molecule has 0 aromatic heterocycles. The van der Waals surface area contributed by atoms with Crippen LogP contribution in [0.15, 0.2) is 42.5 Å². The lowest BCUT2D eigenvalue weighted by atomic mass is 10.1. The van der Waals surface area contributed by atoms with E-state index in [1.807, 2.05) is 0 Å². The average Bonchev–Trinajstić information content (AvgIpc) is 2.67. The van der Waals surface area contributed by atoms with E-state index < -0.39 is 6.04 Å². The van der Waals surface area contributed by atoms with E-state index in [4.69, 9.17) is 16.3 Å². The van der Waals surface area contributed by atoms with Crippen molar-refractivity contribution in [2.75, 3.05) is 31.3 Å². The number of nitrogens with zero attached hydrogens (tertiary/aromatic N) is 1. The van der Waals surface area contributed by atoms with E-state index in [0.717, 1.165) is 0 Å². The van der Waals surface area contributed by atoms with Gasteiger partial charge in [-0.3, -0.25) is 19.3 Å². The standard InChI is InChI=1S/C21H24ClN3O4/c1-13(21(28)23-17-7-5-6-15(10-17)14(2)26)25(3)12-20(27)24-18-11-16(22)8-9-19(18)29-4/h5-11,13H,12H2,1-4H3,(H,23,28)(H,24,27)/t13-/m0/s1. The maximum absolute atomic E-state index is 12.5. The molecular weight excluding hydrogens is 394 g/mol. The molecule has 0 fully saturated rings. The van der Waals surface area contributed by atoms with Gasteiger partial charge in [-0.1, -0.05) is 23.7 Å². The van der Waals surface area contributed by atoms with Crippen LogP contribution in [0.2, 0.25) is 5.02 Å². The number of benzene rings is 2. The van der Waals surface area contributed by atoms with Crippen LogP contribution < -0.4 is 15.4 Å². The Morgan fingerprint density at radius 3 is 2.52 bits per heavy atom. The fourth-order valence-electron chi connectivity index (χ4n) is 2.59. The summed E-state index contributed by atoms with van der Waals surface area (Å²) in [6.07, 6.45) is 0. The number of hydrogen-bond donors (Lipinski definition) is 2. The minimum Gasteiger partial charge on any atom is -0.495 e. The largest absolute Gasteiger partial charge is 0.495 e. The summed E-state index contributed by atoms with van der Waals surface area (Å²) in [5.41, 5.74) is 1.49. The third-order valence-electron chi connectivity index (χ3n) is 4.41. The van der Waals surface area contributed by atoms with Gasteiger partial charge < -0.3 is 15.4 Å². The highest BCUT2D eigenvalue weighted by molar-refractivity contribution is 6.31. The molecule has 0 saturated carbocycles. The molecule has 7 nitrogen and oxygen atoms in total. The Labute approximate surface area is 175 Å².